The van der Waals surface area contributed by atoms with E-state index in [1.807, 2.05) is 6.07 Å². The molecule has 0 saturated carbocycles. The zero-order valence-corrected chi connectivity index (χ0v) is 18.5. The molecule has 4 heteroatoms. The largest absolute Gasteiger partial charge is 0.372 e. The van der Waals surface area contributed by atoms with E-state index in [1.165, 1.54) is 54.0 Å². The SMILES string of the molecule is c1ccc(CN=c2scc(-c3ccc(N4CCCC4)cc3)n2Cc2ccccc2)cc1. The second-order valence-electron chi connectivity index (χ2n) is 8.02. The predicted molar refractivity (Wildman–Crippen MR) is 130 cm³/mol. The summed E-state index contributed by atoms with van der Waals surface area (Å²) in [4.78, 5) is 8.52. The van der Waals surface area contributed by atoms with E-state index in [0.717, 1.165) is 11.3 Å². The average Bonchev–Trinajstić information content (AvgIpc) is 3.50. The van der Waals surface area contributed by atoms with Crippen LogP contribution in [-0.4, -0.2) is 17.7 Å². The number of thiazole rings is 1. The maximum Gasteiger partial charge on any atom is 0.185 e. The Hall–Kier alpha value is -3.11. The van der Waals surface area contributed by atoms with Crippen LogP contribution in [0.25, 0.3) is 11.3 Å². The molecule has 0 radical (unpaired) electrons. The van der Waals surface area contributed by atoms with Crippen LogP contribution in [0.5, 0.6) is 0 Å². The zero-order chi connectivity index (χ0) is 20.9. The Kier molecular flexibility index (Phi) is 5.99. The molecule has 1 saturated heterocycles. The number of aromatic nitrogens is 1. The Morgan fingerprint density at radius 1 is 0.742 bits per heavy atom. The van der Waals surface area contributed by atoms with E-state index < -0.39 is 0 Å². The lowest BCUT2D eigenvalue weighted by Crippen LogP contribution is -2.18. The number of anilines is 1. The van der Waals surface area contributed by atoms with Crippen LogP contribution in [0.1, 0.15) is 24.0 Å². The Labute approximate surface area is 188 Å². The van der Waals surface area contributed by atoms with Crippen molar-refractivity contribution < 1.29 is 0 Å². The van der Waals surface area contributed by atoms with Crippen molar-refractivity contribution in [1.29, 1.82) is 0 Å². The van der Waals surface area contributed by atoms with E-state index >= 15 is 0 Å². The topological polar surface area (TPSA) is 20.5 Å². The third kappa shape index (κ3) is 4.64. The van der Waals surface area contributed by atoms with Crippen molar-refractivity contribution in [3.63, 3.8) is 0 Å². The van der Waals surface area contributed by atoms with E-state index in [2.05, 4.69) is 93.7 Å². The van der Waals surface area contributed by atoms with Crippen LogP contribution in [0.4, 0.5) is 5.69 Å². The van der Waals surface area contributed by atoms with Gasteiger partial charge in [-0.3, -0.25) is 4.99 Å². The number of hydrogen-bond donors (Lipinski definition) is 0. The van der Waals surface area contributed by atoms with Gasteiger partial charge < -0.3 is 9.47 Å². The summed E-state index contributed by atoms with van der Waals surface area (Å²) >= 11 is 1.72. The second kappa shape index (κ2) is 9.36. The highest BCUT2D eigenvalue weighted by Gasteiger charge is 2.13. The first kappa shape index (κ1) is 19.8. The van der Waals surface area contributed by atoms with E-state index in [0.29, 0.717) is 6.54 Å². The summed E-state index contributed by atoms with van der Waals surface area (Å²) in [6.07, 6.45) is 2.60. The second-order valence-corrected chi connectivity index (χ2v) is 8.85. The Morgan fingerprint density at radius 3 is 2.06 bits per heavy atom. The molecule has 0 unspecified atom stereocenters. The van der Waals surface area contributed by atoms with Gasteiger partial charge in [0, 0.05) is 24.2 Å². The van der Waals surface area contributed by atoms with Crippen molar-refractivity contribution in [2.45, 2.75) is 25.9 Å². The molecular weight excluding hydrogens is 398 g/mol. The van der Waals surface area contributed by atoms with Crippen LogP contribution >= 0.6 is 11.3 Å². The lowest BCUT2D eigenvalue weighted by molar-refractivity contribution is 0.761. The van der Waals surface area contributed by atoms with Crippen molar-refractivity contribution in [2.75, 3.05) is 18.0 Å². The molecule has 0 atom stereocenters. The fraction of sp³-hybridized carbons (Fsp3) is 0.222. The summed E-state index contributed by atoms with van der Waals surface area (Å²) in [6.45, 7) is 3.87. The summed E-state index contributed by atoms with van der Waals surface area (Å²) < 4.78 is 2.35. The van der Waals surface area contributed by atoms with Crippen LogP contribution in [0, 0.1) is 0 Å². The summed E-state index contributed by atoms with van der Waals surface area (Å²) in [7, 11) is 0. The Balaban J connectivity index is 1.49. The van der Waals surface area contributed by atoms with Gasteiger partial charge in [-0.2, -0.15) is 0 Å². The lowest BCUT2D eigenvalue weighted by atomic mass is 10.1. The Morgan fingerprint density at radius 2 is 1.39 bits per heavy atom. The van der Waals surface area contributed by atoms with Crippen molar-refractivity contribution >= 4 is 17.0 Å². The maximum atomic E-state index is 4.97. The summed E-state index contributed by atoms with van der Waals surface area (Å²) in [5, 5.41) is 2.25. The molecule has 156 valence electrons. The van der Waals surface area contributed by atoms with Gasteiger partial charge in [-0.05, 0) is 41.7 Å². The molecular formula is C27H27N3S. The normalized spacial score (nSPS) is 14.3. The van der Waals surface area contributed by atoms with Crippen LogP contribution in [0.2, 0.25) is 0 Å². The monoisotopic (exact) mass is 425 g/mol. The number of hydrogen-bond acceptors (Lipinski definition) is 3. The summed E-state index contributed by atoms with van der Waals surface area (Å²) in [6, 6.07) is 30.2. The van der Waals surface area contributed by atoms with Gasteiger partial charge in [-0.15, -0.1) is 11.3 Å². The highest BCUT2D eigenvalue weighted by atomic mass is 32.1. The molecule has 0 spiro atoms. The standard InChI is InChI=1S/C27H27N3S/c1-3-9-22(10-4-1)19-28-27-30(20-23-11-5-2-6-12-23)26(21-31-27)24-13-15-25(16-14-24)29-17-7-8-18-29/h1-6,9-16,21H,7-8,17-20H2. The molecule has 0 amide bonds. The van der Waals surface area contributed by atoms with Crippen molar-refractivity contribution in [2.24, 2.45) is 4.99 Å². The molecule has 31 heavy (non-hydrogen) atoms. The summed E-state index contributed by atoms with van der Waals surface area (Å²) in [5.74, 6) is 0. The van der Waals surface area contributed by atoms with Gasteiger partial charge in [0.15, 0.2) is 4.80 Å². The van der Waals surface area contributed by atoms with Crippen molar-refractivity contribution in [3.05, 3.63) is 106 Å². The highest BCUT2D eigenvalue weighted by molar-refractivity contribution is 7.07. The van der Waals surface area contributed by atoms with Crippen molar-refractivity contribution in [3.8, 4) is 11.3 Å². The van der Waals surface area contributed by atoms with Gasteiger partial charge >= 0.3 is 0 Å². The molecule has 1 aromatic heterocycles. The van der Waals surface area contributed by atoms with Crippen LogP contribution in [0.15, 0.2) is 95.3 Å². The minimum Gasteiger partial charge on any atom is -0.372 e. The van der Waals surface area contributed by atoms with Crippen molar-refractivity contribution in [1.82, 2.24) is 4.57 Å². The third-order valence-electron chi connectivity index (χ3n) is 5.86. The first-order valence-electron chi connectivity index (χ1n) is 11.0. The van der Waals surface area contributed by atoms with Gasteiger partial charge in [0.1, 0.15) is 0 Å². The van der Waals surface area contributed by atoms with Gasteiger partial charge in [-0.1, -0.05) is 72.8 Å². The lowest BCUT2D eigenvalue weighted by Gasteiger charge is -2.18. The predicted octanol–water partition coefficient (Wildman–Crippen LogP) is 5.97. The molecule has 5 rings (SSSR count). The minimum atomic E-state index is 0.698. The number of benzene rings is 3. The molecule has 1 fully saturated rings. The summed E-state index contributed by atoms with van der Waals surface area (Å²) in [5.41, 5.74) is 6.33. The van der Waals surface area contributed by atoms with Crippen LogP contribution in [-0.2, 0) is 13.1 Å². The number of nitrogens with zero attached hydrogens (tertiary/aromatic N) is 3. The van der Waals surface area contributed by atoms with Gasteiger partial charge in [0.2, 0.25) is 0 Å². The van der Waals surface area contributed by atoms with Gasteiger partial charge in [0.05, 0.1) is 18.8 Å². The van der Waals surface area contributed by atoms with Gasteiger partial charge in [0.25, 0.3) is 0 Å². The fourth-order valence-corrected chi connectivity index (χ4v) is 5.07. The highest BCUT2D eigenvalue weighted by Crippen LogP contribution is 2.26. The first-order valence-corrected chi connectivity index (χ1v) is 11.9. The molecule has 0 aliphatic carbocycles. The molecule has 1 aliphatic rings. The van der Waals surface area contributed by atoms with E-state index in [4.69, 9.17) is 4.99 Å². The Bertz CT molecular complexity index is 1170. The molecule has 3 aromatic carbocycles. The molecule has 0 N–H and O–H groups in total. The molecule has 1 aliphatic heterocycles. The fourth-order valence-electron chi connectivity index (χ4n) is 4.16. The van der Waals surface area contributed by atoms with Gasteiger partial charge in [-0.25, -0.2) is 0 Å². The maximum absolute atomic E-state index is 4.97. The number of rotatable bonds is 6. The zero-order valence-electron chi connectivity index (χ0n) is 17.7. The van der Waals surface area contributed by atoms with E-state index in [1.54, 1.807) is 11.3 Å². The molecule has 4 aromatic rings. The van der Waals surface area contributed by atoms with Crippen LogP contribution in [0.3, 0.4) is 0 Å². The third-order valence-corrected chi connectivity index (χ3v) is 6.76. The first-order chi connectivity index (χ1) is 15.4. The van der Waals surface area contributed by atoms with Crippen LogP contribution < -0.4 is 9.70 Å². The molecule has 0 bridgehead atoms. The molecule has 2 heterocycles. The van der Waals surface area contributed by atoms with E-state index in [-0.39, 0.29) is 0 Å². The average molecular weight is 426 g/mol. The molecule has 3 nitrogen and oxygen atoms in total. The van der Waals surface area contributed by atoms with E-state index in [9.17, 15) is 0 Å². The smallest absolute Gasteiger partial charge is 0.185 e. The quantitative estimate of drug-likeness (QED) is 0.373. The minimum absolute atomic E-state index is 0.698.